The van der Waals surface area contributed by atoms with Crippen molar-refractivity contribution in [3.63, 3.8) is 0 Å². The van der Waals surface area contributed by atoms with E-state index in [1.165, 1.54) is 0 Å². The molecule has 1 aliphatic carbocycles. The Balaban J connectivity index is 1.25. The Morgan fingerprint density at radius 2 is 2.00 bits per heavy atom. The van der Waals surface area contributed by atoms with Crippen molar-refractivity contribution >= 4 is 29.2 Å². The van der Waals surface area contributed by atoms with E-state index in [-0.39, 0.29) is 11.5 Å². The Morgan fingerprint density at radius 1 is 1.17 bits per heavy atom. The number of nitrogens with two attached hydrogens (primary N) is 2. The first-order valence-corrected chi connectivity index (χ1v) is 12.4. The molecule has 1 aliphatic heterocycles. The molecule has 10 heteroatoms. The normalized spacial score (nSPS) is 18.7. The molecule has 0 bridgehead atoms. The number of fused-ring (bicyclic) bond motifs is 2. The maximum absolute atomic E-state index is 9.56. The third-order valence-corrected chi connectivity index (χ3v) is 8.76. The number of nitrogen functional groups attached to an aromatic ring is 1. The summed E-state index contributed by atoms with van der Waals surface area (Å²) in [5, 5.41) is 18.1. The van der Waals surface area contributed by atoms with Crippen molar-refractivity contribution in [2.24, 2.45) is 11.1 Å². The van der Waals surface area contributed by atoms with Crippen molar-refractivity contribution in [1.82, 2.24) is 24.6 Å². The van der Waals surface area contributed by atoms with Gasteiger partial charge in [-0.15, -0.1) is 10.2 Å². The second-order valence-electron chi connectivity index (χ2n) is 9.36. The van der Waals surface area contributed by atoms with Crippen LogP contribution in [0.2, 0.25) is 0 Å². The fourth-order valence-corrected chi connectivity index (χ4v) is 6.44. The van der Waals surface area contributed by atoms with Gasteiger partial charge in [-0.1, -0.05) is 23.9 Å². The summed E-state index contributed by atoms with van der Waals surface area (Å²) in [7, 11) is 0. The Bertz CT molecular complexity index is 1480. The molecule has 1 fully saturated rings. The molecule has 4 N–H and O–H groups in total. The molecule has 9 nitrogen and oxygen atoms in total. The number of rotatable bonds is 3. The van der Waals surface area contributed by atoms with Crippen molar-refractivity contribution in [2.75, 3.05) is 23.7 Å². The molecule has 1 saturated heterocycles. The van der Waals surface area contributed by atoms with E-state index in [1.807, 2.05) is 35.7 Å². The SMILES string of the molecule is Cc1c(Sc2cnc(N3CCC4(CC3)Cc3c(C#N)cccc3[C@H]4N)n3cnnc23)ccnc1N. The molecule has 1 aromatic carbocycles. The van der Waals surface area contributed by atoms with Crippen LogP contribution >= 0.6 is 11.8 Å². The average molecular weight is 484 g/mol. The predicted molar refractivity (Wildman–Crippen MR) is 134 cm³/mol. The minimum atomic E-state index is -0.0503. The van der Waals surface area contributed by atoms with Crippen LogP contribution in [0, 0.1) is 23.7 Å². The highest BCUT2D eigenvalue weighted by Gasteiger charge is 2.47. The van der Waals surface area contributed by atoms with Crippen LogP contribution in [0.15, 0.2) is 52.8 Å². The number of benzene rings is 1. The molecule has 3 aromatic heterocycles. The lowest BCUT2D eigenvalue weighted by Gasteiger charge is -2.42. The zero-order valence-electron chi connectivity index (χ0n) is 19.3. The summed E-state index contributed by atoms with van der Waals surface area (Å²) in [5.41, 5.74) is 17.4. The maximum Gasteiger partial charge on any atom is 0.212 e. The van der Waals surface area contributed by atoms with Gasteiger partial charge in [0, 0.05) is 42.0 Å². The number of nitriles is 1. The average Bonchev–Trinajstić information content (AvgIpc) is 3.47. The third kappa shape index (κ3) is 3.42. The van der Waals surface area contributed by atoms with Crippen molar-refractivity contribution in [3.8, 4) is 6.07 Å². The van der Waals surface area contributed by atoms with Gasteiger partial charge in [0.05, 0.1) is 16.5 Å². The third-order valence-electron chi connectivity index (χ3n) is 7.59. The fraction of sp³-hybridized carbons (Fsp3) is 0.320. The highest BCUT2D eigenvalue weighted by molar-refractivity contribution is 7.99. The molecule has 6 rings (SSSR count). The molecule has 1 atom stereocenters. The zero-order valence-corrected chi connectivity index (χ0v) is 20.2. The van der Waals surface area contributed by atoms with Crippen LogP contribution in [0.1, 0.15) is 41.1 Å². The summed E-state index contributed by atoms with van der Waals surface area (Å²) >= 11 is 1.56. The molecule has 0 unspecified atom stereocenters. The van der Waals surface area contributed by atoms with Gasteiger partial charge < -0.3 is 16.4 Å². The molecule has 4 heterocycles. The second-order valence-corrected chi connectivity index (χ2v) is 10.4. The van der Waals surface area contributed by atoms with Crippen LogP contribution in [0.3, 0.4) is 0 Å². The molecule has 0 saturated carbocycles. The topological polar surface area (TPSA) is 135 Å². The number of piperidine rings is 1. The first-order valence-electron chi connectivity index (χ1n) is 11.6. The van der Waals surface area contributed by atoms with Gasteiger partial charge in [0.1, 0.15) is 12.1 Å². The van der Waals surface area contributed by atoms with Crippen LogP contribution in [-0.2, 0) is 6.42 Å². The lowest BCUT2D eigenvalue weighted by molar-refractivity contribution is 0.186. The zero-order chi connectivity index (χ0) is 24.2. The minimum Gasteiger partial charge on any atom is -0.383 e. The van der Waals surface area contributed by atoms with Crippen molar-refractivity contribution in [1.29, 1.82) is 5.26 Å². The lowest BCUT2D eigenvalue weighted by atomic mass is 9.73. The molecule has 1 spiro atoms. The smallest absolute Gasteiger partial charge is 0.212 e. The highest BCUT2D eigenvalue weighted by atomic mass is 32.2. The Hall–Kier alpha value is -3.68. The molecule has 2 aliphatic rings. The van der Waals surface area contributed by atoms with Crippen molar-refractivity contribution in [3.05, 3.63) is 65.2 Å². The van der Waals surface area contributed by atoms with Gasteiger partial charge in [-0.2, -0.15) is 5.26 Å². The standard InChI is InChI=1S/C25H25N9S/c1-15-19(5-8-29-22(15)28)35-20-13-30-24(34-14-31-32-23(20)34)33-9-6-25(7-10-33)11-18-16(12-26)3-2-4-17(18)21(25)27/h2-5,8,13-14,21H,6-7,9-11,27H2,1H3,(H2,28,29)/t21-/m1/s1. The van der Waals surface area contributed by atoms with Crippen LogP contribution in [0.25, 0.3) is 5.65 Å². The van der Waals surface area contributed by atoms with Gasteiger partial charge in [-0.05, 0) is 54.9 Å². The number of nitrogens with zero attached hydrogens (tertiary/aromatic N) is 7. The number of hydrogen-bond acceptors (Lipinski definition) is 9. The van der Waals surface area contributed by atoms with Gasteiger partial charge in [0.15, 0.2) is 5.65 Å². The first-order chi connectivity index (χ1) is 17.0. The largest absolute Gasteiger partial charge is 0.383 e. The van der Waals surface area contributed by atoms with Crippen molar-refractivity contribution in [2.45, 2.75) is 42.0 Å². The monoisotopic (exact) mass is 483 g/mol. The summed E-state index contributed by atoms with van der Waals surface area (Å²) in [4.78, 5) is 13.2. The van der Waals surface area contributed by atoms with Crippen LogP contribution < -0.4 is 16.4 Å². The van der Waals surface area contributed by atoms with E-state index in [4.69, 9.17) is 16.5 Å². The summed E-state index contributed by atoms with van der Waals surface area (Å²) in [6.07, 6.45) is 8.02. The van der Waals surface area contributed by atoms with E-state index in [1.54, 1.807) is 24.3 Å². The molecule has 4 aromatic rings. The Labute approximate surface area is 207 Å². The van der Waals surface area contributed by atoms with Crippen LogP contribution in [0.4, 0.5) is 11.8 Å². The second kappa shape index (κ2) is 8.22. The van der Waals surface area contributed by atoms with Gasteiger partial charge in [0.2, 0.25) is 5.95 Å². The minimum absolute atomic E-state index is 0.0211. The number of aromatic nitrogens is 5. The number of hydrogen-bond donors (Lipinski definition) is 2. The fourth-order valence-electron chi connectivity index (χ4n) is 5.48. The first kappa shape index (κ1) is 21.8. The molecule has 0 radical (unpaired) electrons. The van der Waals surface area contributed by atoms with Gasteiger partial charge in [0.25, 0.3) is 0 Å². The summed E-state index contributed by atoms with van der Waals surface area (Å²) in [6.45, 7) is 3.62. The maximum atomic E-state index is 9.56. The molecule has 35 heavy (non-hydrogen) atoms. The van der Waals surface area contributed by atoms with Crippen LogP contribution in [0.5, 0.6) is 0 Å². The van der Waals surface area contributed by atoms with E-state index in [9.17, 15) is 5.26 Å². The van der Waals surface area contributed by atoms with E-state index >= 15 is 0 Å². The summed E-state index contributed by atoms with van der Waals surface area (Å²) in [5.74, 6) is 1.35. The Morgan fingerprint density at radius 3 is 2.80 bits per heavy atom. The van der Waals surface area contributed by atoms with E-state index in [2.05, 4.69) is 32.2 Å². The Kier molecular flexibility index (Phi) is 5.12. The highest BCUT2D eigenvalue weighted by Crippen LogP contribution is 2.51. The number of pyridine rings is 1. The van der Waals surface area contributed by atoms with Gasteiger partial charge >= 0.3 is 0 Å². The lowest BCUT2D eigenvalue weighted by Crippen LogP contribution is -2.45. The predicted octanol–water partition coefficient (Wildman–Crippen LogP) is 3.28. The van der Waals surface area contributed by atoms with Gasteiger partial charge in [-0.3, -0.25) is 0 Å². The molecule has 0 amide bonds. The molecular formula is C25H25N9S. The van der Waals surface area contributed by atoms with Crippen molar-refractivity contribution < 1.29 is 0 Å². The summed E-state index contributed by atoms with van der Waals surface area (Å²) in [6, 6.07) is 10.2. The van der Waals surface area contributed by atoms with Crippen LogP contribution in [-0.4, -0.2) is 37.7 Å². The van der Waals surface area contributed by atoms with E-state index < -0.39 is 0 Å². The molecule has 176 valence electrons. The summed E-state index contributed by atoms with van der Waals surface area (Å²) < 4.78 is 1.96. The van der Waals surface area contributed by atoms with Gasteiger partial charge in [-0.25, -0.2) is 14.4 Å². The molecular weight excluding hydrogens is 458 g/mol. The quantitative estimate of drug-likeness (QED) is 0.450. The number of anilines is 2. The van der Waals surface area contributed by atoms with E-state index in [0.717, 1.165) is 76.0 Å². The van der Waals surface area contributed by atoms with E-state index in [0.29, 0.717) is 5.82 Å².